The lowest BCUT2D eigenvalue weighted by atomic mass is 10.1. The van der Waals surface area contributed by atoms with Gasteiger partial charge in [-0.2, -0.15) is 14.4 Å². The second kappa shape index (κ2) is 17.8. The molecular weight excluding hydrogens is 404 g/mol. The summed E-state index contributed by atoms with van der Waals surface area (Å²) in [5.41, 5.74) is 2.21. The van der Waals surface area contributed by atoms with Crippen molar-refractivity contribution in [2.45, 2.75) is 96.8 Å². The molecule has 0 rings (SSSR count). The number of rotatable bonds is 20. The maximum Gasteiger partial charge on any atom is 0.497 e. The second-order valence-electron chi connectivity index (χ2n) is 6.96. The predicted molar refractivity (Wildman–Crippen MR) is 111 cm³/mol. The van der Waals surface area contributed by atoms with Crippen molar-refractivity contribution in [1.82, 2.24) is 5.48 Å². The van der Waals surface area contributed by atoms with Gasteiger partial charge in [0.25, 0.3) is 0 Å². The van der Waals surface area contributed by atoms with Crippen LogP contribution in [0, 0.1) is 0 Å². The molecule has 0 fully saturated rings. The van der Waals surface area contributed by atoms with Crippen LogP contribution in [0.25, 0.3) is 0 Å². The highest BCUT2D eigenvalue weighted by molar-refractivity contribution is 7.60. The van der Waals surface area contributed by atoms with Crippen molar-refractivity contribution in [3.63, 3.8) is 0 Å². The van der Waals surface area contributed by atoms with E-state index in [2.05, 4.69) is 33.5 Å². The van der Waals surface area contributed by atoms with Gasteiger partial charge in [0.2, 0.25) is 0 Å². The molecule has 0 spiro atoms. The summed E-state index contributed by atoms with van der Waals surface area (Å²) in [4.78, 5) is 25.9. The van der Waals surface area contributed by atoms with Crippen molar-refractivity contribution < 1.29 is 32.7 Å². The number of nitrogens with one attached hydrogen (secondary N) is 1. The van der Waals surface area contributed by atoms with Crippen molar-refractivity contribution in [3.05, 3.63) is 12.2 Å². The van der Waals surface area contributed by atoms with Crippen LogP contribution in [0.15, 0.2) is 12.2 Å². The number of hydrogen-bond acceptors (Lipinski definition) is 5. The van der Waals surface area contributed by atoms with Crippen LogP contribution in [0.4, 0.5) is 0 Å². The Kier molecular flexibility index (Phi) is 17.8. The number of unbranched alkanes of at least 4 members (excludes halogenated alkanes) is 12. The number of hydrogen-bond donors (Lipinski definition) is 4. The zero-order valence-electron chi connectivity index (χ0n) is 17.1. The van der Waals surface area contributed by atoms with E-state index in [4.69, 9.17) is 14.7 Å². The molecular formula is C18H39NO7P2. The van der Waals surface area contributed by atoms with Crippen molar-refractivity contribution in [3.8, 4) is 0 Å². The Hall–Kier alpha value is -0.0400. The molecule has 4 N–H and O–H groups in total. The summed E-state index contributed by atoms with van der Waals surface area (Å²) in [6.45, 7) is 2.54. The predicted octanol–water partition coefficient (Wildman–Crippen LogP) is 5.75. The van der Waals surface area contributed by atoms with E-state index < -0.39 is 15.6 Å². The van der Waals surface area contributed by atoms with Gasteiger partial charge in [0.1, 0.15) is 0 Å². The lowest BCUT2D eigenvalue weighted by Gasteiger charge is -2.12. The molecule has 0 aromatic carbocycles. The van der Waals surface area contributed by atoms with Crippen molar-refractivity contribution in [2.75, 3.05) is 6.54 Å². The van der Waals surface area contributed by atoms with Gasteiger partial charge in [-0.25, -0.2) is 9.13 Å². The summed E-state index contributed by atoms with van der Waals surface area (Å²) in [5.74, 6) is 0. The molecule has 28 heavy (non-hydrogen) atoms. The Morgan fingerprint density at radius 1 is 0.750 bits per heavy atom. The second-order valence-corrected chi connectivity index (χ2v) is 9.72. The quantitative estimate of drug-likeness (QED) is 0.0810. The molecule has 0 aliphatic carbocycles. The van der Waals surface area contributed by atoms with E-state index in [1.807, 2.05) is 0 Å². The molecule has 1 atom stereocenters. The molecule has 10 heteroatoms. The van der Waals surface area contributed by atoms with Crippen LogP contribution in [-0.2, 0) is 18.1 Å². The van der Waals surface area contributed by atoms with E-state index in [9.17, 15) is 9.13 Å². The standard InChI is InChI=1S/C18H39NO7P2/c1-2-3-4-5-6-7-8-9-10-11-12-13-14-15-16-17-18-19-25-28(23,24)26-27(20,21)22/h9-10,19H,2-8,11-18H2,1H3,(H,23,24)(H2,20,21,22)/b10-9-. The highest BCUT2D eigenvalue weighted by atomic mass is 31.3. The van der Waals surface area contributed by atoms with Crippen molar-refractivity contribution in [2.24, 2.45) is 0 Å². The van der Waals surface area contributed by atoms with Gasteiger partial charge in [0, 0.05) is 6.54 Å². The Balaban J connectivity index is 3.32. The minimum absolute atomic E-state index is 0.302. The fourth-order valence-corrected chi connectivity index (χ4v) is 4.19. The first-order valence-corrected chi connectivity index (χ1v) is 13.5. The lowest BCUT2D eigenvalue weighted by molar-refractivity contribution is 0.118. The summed E-state index contributed by atoms with van der Waals surface area (Å²) < 4.78 is 29.5. The first-order chi connectivity index (χ1) is 13.3. The zero-order valence-corrected chi connectivity index (χ0v) is 18.9. The van der Waals surface area contributed by atoms with Gasteiger partial charge in [-0.15, -0.1) is 0 Å². The Labute approximate surface area is 169 Å². The average molecular weight is 443 g/mol. The van der Waals surface area contributed by atoms with Gasteiger partial charge in [-0.05, 0) is 32.1 Å². The van der Waals surface area contributed by atoms with E-state index >= 15 is 0 Å². The highest BCUT2D eigenvalue weighted by Gasteiger charge is 2.32. The topological polar surface area (TPSA) is 125 Å². The molecule has 0 heterocycles. The van der Waals surface area contributed by atoms with E-state index in [1.54, 1.807) is 0 Å². The van der Waals surface area contributed by atoms with Crippen LogP contribution in [0.5, 0.6) is 0 Å². The van der Waals surface area contributed by atoms with Gasteiger partial charge in [-0.1, -0.05) is 76.9 Å². The summed E-state index contributed by atoms with van der Waals surface area (Å²) in [7, 11) is -9.85. The maximum atomic E-state index is 11.2. The van der Waals surface area contributed by atoms with Gasteiger partial charge in [0.15, 0.2) is 0 Å². The first-order valence-electron chi connectivity index (χ1n) is 10.4. The third-order valence-electron chi connectivity index (χ3n) is 4.18. The Bertz CT molecular complexity index is 483. The Morgan fingerprint density at radius 2 is 1.21 bits per heavy atom. The smallest absolute Gasteiger partial charge is 0.302 e. The van der Waals surface area contributed by atoms with E-state index in [0.29, 0.717) is 6.54 Å². The fraction of sp³-hybridized carbons (Fsp3) is 0.889. The summed E-state index contributed by atoms with van der Waals surface area (Å²) in [6.07, 6.45) is 21.2. The maximum absolute atomic E-state index is 11.2. The zero-order chi connectivity index (χ0) is 21.1. The van der Waals surface area contributed by atoms with E-state index in [-0.39, 0.29) is 0 Å². The third-order valence-corrected chi connectivity index (χ3v) is 6.22. The molecule has 0 saturated heterocycles. The molecule has 0 aromatic rings. The van der Waals surface area contributed by atoms with Gasteiger partial charge < -0.3 is 14.7 Å². The van der Waals surface area contributed by atoms with Crippen LogP contribution < -0.4 is 5.48 Å². The average Bonchev–Trinajstić information content (AvgIpc) is 2.58. The fourth-order valence-electron chi connectivity index (χ4n) is 2.72. The molecule has 168 valence electrons. The minimum atomic E-state index is -5.06. The molecule has 0 radical (unpaired) electrons. The van der Waals surface area contributed by atoms with Gasteiger partial charge in [-0.3, -0.25) is 0 Å². The largest absolute Gasteiger partial charge is 0.497 e. The molecule has 0 aromatic heterocycles. The van der Waals surface area contributed by atoms with E-state index in [0.717, 1.165) is 32.1 Å². The molecule has 0 bridgehead atoms. The molecule has 0 saturated carbocycles. The van der Waals surface area contributed by atoms with Crippen LogP contribution in [0.2, 0.25) is 0 Å². The monoisotopic (exact) mass is 443 g/mol. The van der Waals surface area contributed by atoms with Gasteiger partial charge in [0.05, 0.1) is 0 Å². The van der Waals surface area contributed by atoms with Gasteiger partial charge >= 0.3 is 15.6 Å². The normalized spacial score (nSPS) is 14.6. The van der Waals surface area contributed by atoms with Crippen LogP contribution in [0.1, 0.15) is 96.8 Å². The highest BCUT2D eigenvalue weighted by Crippen LogP contribution is 2.56. The molecule has 0 aliphatic heterocycles. The van der Waals surface area contributed by atoms with Crippen LogP contribution >= 0.6 is 15.6 Å². The molecule has 1 unspecified atom stereocenters. The molecule has 8 nitrogen and oxygen atoms in total. The summed E-state index contributed by atoms with van der Waals surface area (Å²) in [6, 6.07) is 0. The SMILES string of the molecule is CCCCCCCC/C=C\CCCCCCCCNOP(=O)(O)OP(=O)(O)O. The molecule has 0 amide bonds. The van der Waals surface area contributed by atoms with Crippen LogP contribution in [-0.4, -0.2) is 21.2 Å². The van der Waals surface area contributed by atoms with Crippen molar-refractivity contribution in [1.29, 1.82) is 0 Å². The van der Waals surface area contributed by atoms with Crippen LogP contribution in [0.3, 0.4) is 0 Å². The first kappa shape index (κ1) is 28.0. The number of allylic oxidation sites excluding steroid dienone is 2. The summed E-state index contributed by atoms with van der Waals surface area (Å²) in [5, 5.41) is 0. The Morgan fingerprint density at radius 3 is 1.71 bits per heavy atom. The minimum Gasteiger partial charge on any atom is -0.302 e. The third kappa shape index (κ3) is 22.3. The number of hydroxylamine groups is 1. The number of phosphoric acid groups is 2. The lowest BCUT2D eigenvalue weighted by Crippen LogP contribution is -2.14. The van der Waals surface area contributed by atoms with Crippen molar-refractivity contribution >= 4 is 15.6 Å². The summed E-state index contributed by atoms with van der Waals surface area (Å²) >= 11 is 0. The molecule has 0 aliphatic rings. The van der Waals surface area contributed by atoms with E-state index in [1.165, 1.54) is 57.8 Å².